The average Bonchev–Trinajstić information content (AvgIpc) is 2.34. The van der Waals surface area contributed by atoms with Crippen molar-refractivity contribution in [3.63, 3.8) is 0 Å². The second-order valence-electron chi connectivity index (χ2n) is 4.23. The molecule has 100 valence electrons. The summed E-state index contributed by atoms with van der Waals surface area (Å²) in [4.78, 5) is 1.89. The number of methoxy groups -OCH3 is 1. The maximum atomic E-state index is 14.0. The summed E-state index contributed by atoms with van der Waals surface area (Å²) in [6.45, 7) is 7.27. The zero-order chi connectivity index (χ0) is 13.5. The molecule has 0 bridgehead atoms. The van der Waals surface area contributed by atoms with Crippen molar-refractivity contribution in [2.75, 3.05) is 31.7 Å². The van der Waals surface area contributed by atoms with Crippen molar-refractivity contribution in [2.45, 2.75) is 13.0 Å². The molecule has 0 fully saturated rings. The standard InChI is InChI=1S/C14H21FN2O/c1-4-7-17(8-9-18-3)14-6-5-12(11(2)16)10-13(14)15/h4-6,10-11H,1,7-9,16H2,2-3H3/t11-/m0/s1. The third-order valence-corrected chi connectivity index (χ3v) is 2.75. The summed E-state index contributed by atoms with van der Waals surface area (Å²) < 4.78 is 19.1. The second kappa shape index (κ2) is 7.13. The predicted molar refractivity (Wildman–Crippen MR) is 73.3 cm³/mol. The number of nitrogens with two attached hydrogens (primary N) is 1. The van der Waals surface area contributed by atoms with Gasteiger partial charge in [0.15, 0.2) is 0 Å². The zero-order valence-corrected chi connectivity index (χ0v) is 11.0. The van der Waals surface area contributed by atoms with Crippen molar-refractivity contribution in [1.82, 2.24) is 0 Å². The van der Waals surface area contributed by atoms with E-state index in [0.29, 0.717) is 25.4 Å². The molecule has 0 aliphatic heterocycles. The summed E-state index contributed by atoms with van der Waals surface area (Å²) in [5.41, 5.74) is 7.08. The Morgan fingerprint density at radius 1 is 1.56 bits per heavy atom. The fraction of sp³-hybridized carbons (Fsp3) is 0.429. The zero-order valence-electron chi connectivity index (χ0n) is 11.0. The van der Waals surface area contributed by atoms with Crippen LogP contribution in [0.2, 0.25) is 0 Å². The first-order valence-corrected chi connectivity index (χ1v) is 6.00. The van der Waals surface area contributed by atoms with E-state index >= 15 is 0 Å². The molecule has 1 atom stereocenters. The molecule has 0 unspecified atom stereocenters. The fourth-order valence-electron chi connectivity index (χ4n) is 1.73. The lowest BCUT2D eigenvalue weighted by atomic mass is 10.1. The number of nitrogens with zero attached hydrogens (tertiary/aromatic N) is 1. The highest BCUT2D eigenvalue weighted by Crippen LogP contribution is 2.22. The number of hydrogen-bond acceptors (Lipinski definition) is 3. The van der Waals surface area contributed by atoms with Gasteiger partial charge in [-0.2, -0.15) is 0 Å². The van der Waals surface area contributed by atoms with Crippen LogP contribution in [0.4, 0.5) is 10.1 Å². The normalized spacial score (nSPS) is 12.2. The second-order valence-corrected chi connectivity index (χ2v) is 4.23. The topological polar surface area (TPSA) is 38.5 Å². The molecule has 18 heavy (non-hydrogen) atoms. The molecule has 1 aromatic rings. The minimum absolute atomic E-state index is 0.166. The smallest absolute Gasteiger partial charge is 0.146 e. The lowest BCUT2D eigenvalue weighted by Crippen LogP contribution is -2.28. The van der Waals surface area contributed by atoms with Gasteiger partial charge in [-0.05, 0) is 24.6 Å². The van der Waals surface area contributed by atoms with Crippen molar-refractivity contribution in [3.8, 4) is 0 Å². The van der Waals surface area contributed by atoms with Gasteiger partial charge < -0.3 is 15.4 Å². The van der Waals surface area contributed by atoms with Crippen LogP contribution < -0.4 is 10.6 Å². The molecular formula is C14H21FN2O. The lowest BCUT2D eigenvalue weighted by molar-refractivity contribution is 0.205. The summed E-state index contributed by atoms with van der Waals surface area (Å²) in [6.07, 6.45) is 1.74. The van der Waals surface area contributed by atoms with E-state index in [-0.39, 0.29) is 11.9 Å². The Morgan fingerprint density at radius 2 is 2.28 bits per heavy atom. The van der Waals surface area contributed by atoms with Crippen LogP contribution in [0.15, 0.2) is 30.9 Å². The Bertz CT molecular complexity index is 393. The lowest BCUT2D eigenvalue weighted by Gasteiger charge is -2.24. The summed E-state index contributed by atoms with van der Waals surface area (Å²) in [5, 5.41) is 0. The largest absolute Gasteiger partial charge is 0.383 e. The molecule has 0 aliphatic rings. The van der Waals surface area contributed by atoms with Crippen LogP contribution in [0.1, 0.15) is 18.5 Å². The van der Waals surface area contributed by atoms with Gasteiger partial charge in [-0.1, -0.05) is 12.1 Å². The first-order valence-electron chi connectivity index (χ1n) is 6.00. The third-order valence-electron chi connectivity index (χ3n) is 2.75. The van der Waals surface area contributed by atoms with Crippen LogP contribution in [-0.2, 0) is 4.74 Å². The third kappa shape index (κ3) is 3.82. The van der Waals surface area contributed by atoms with Crippen molar-refractivity contribution in [3.05, 3.63) is 42.2 Å². The van der Waals surface area contributed by atoms with Gasteiger partial charge in [0.1, 0.15) is 5.82 Å². The van der Waals surface area contributed by atoms with Gasteiger partial charge in [-0.15, -0.1) is 6.58 Å². The molecule has 0 spiro atoms. The van der Waals surface area contributed by atoms with Gasteiger partial charge >= 0.3 is 0 Å². The molecule has 0 saturated heterocycles. The monoisotopic (exact) mass is 252 g/mol. The minimum atomic E-state index is -0.261. The van der Waals surface area contributed by atoms with Crippen LogP contribution in [0.3, 0.4) is 0 Å². The van der Waals surface area contributed by atoms with Gasteiger partial charge in [0.05, 0.1) is 12.3 Å². The maximum Gasteiger partial charge on any atom is 0.146 e. The first-order chi connectivity index (χ1) is 8.60. The molecule has 1 aromatic carbocycles. The molecule has 0 radical (unpaired) electrons. The van der Waals surface area contributed by atoms with Gasteiger partial charge in [0, 0.05) is 26.2 Å². The van der Waals surface area contributed by atoms with E-state index in [1.54, 1.807) is 19.3 Å². The van der Waals surface area contributed by atoms with E-state index in [1.165, 1.54) is 6.07 Å². The molecule has 0 saturated carbocycles. The van der Waals surface area contributed by atoms with Crippen LogP contribution in [0, 0.1) is 5.82 Å². The fourth-order valence-corrected chi connectivity index (χ4v) is 1.73. The van der Waals surface area contributed by atoms with Crippen LogP contribution >= 0.6 is 0 Å². The van der Waals surface area contributed by atoms with Crippen molar-refractivity contribution in [1.29, 1.82) is 0 Å². The Morgan fingerprint density at radius 3 is 2.78 bits per heavy atom. The number of halogens is 1. The van der Waals surface area contributed by atoms with Crippen LogP contribution in [0.5, 0.6) is 0 Å². The number of ether oxygens (including phenoxy) is 1. The van der Waals surface area contributed by atoms with Crippen LogP contribution in [-0.4, -0.2) is 26.8 Å². The summed E-state index contributed by atoms with van der Waals surface area (Å²) in [5.74, 6) is -0.261. The van der Waals surface area contributed by atoms with Crippen molar-refractivity contribution < 1.29 is 9.13 Å². The Balaban J connectivity index is 2.93. The van der Waals surface area contributed by atoms with E-state index in [9.17, 15) is 4.39 Å². The van der Waals surface area contributed by atoms with Gasteiger partial charge in [0.2, 0.25) is 0 Å². The number of rotatable bonds is 7. The molecule has 2 N–H and O–H groups in total. The molecule has 0 aliphatic carbocycles. The number of anilines is 1. The Hall–Kier alpha value is -1.39. The van der Waals surface area contributed by atoms with E-state index in [0.717, 1.165) is 5.56 Å². The molecule has 3 nitrogen and oxygen atoms in total. The number of benzene rings is 1. The Kier molecular flexibility index (Phi) is 5.82. The molecule has 0 aromatic heterocycles. The van der Waals surface area contributed by atoms with E-state index in [2.05, 4.69) is 6.58 Å². The van der Waals surface area contributed by atoms with E-state index in [4.69, 9.17) is 10.5 Å². The number of hydrogen-bond donors (Lipinski definition) is 1. The molecule has 4 heteroatoms. The summed E-state index contributed by atoms with van der Waals surface area (Å²) in [6, 6.07) is 4.93. The molecule has 0 heterocycles. The van der Waals surface area contributed by atoms with E-state index < -0.39 is 0 Å². The average molecular weight is 252 g/mol. The highest BCUT2D eigenvalue weighted by Gasteiger charge is 2.12. The van der Waals surface area contributed by atoms with Crippen molar-refractivity contribution >= 4 is 5.69 Å². The highest BCUT2D eigenvalue weighted by atomic mass is 19.1. The van der Waals surface area contributed by atoms with Gasteiger partial charge in [-0.25, -0.2) is 4.39 Å². The Labute approximate surface area is 108 Å². The summed E-state index contributed by atoms with van der Waals surface area (Å²) in [7, 11) is 1.63. The molecule has 0 amide bonds. The SMILES string of the molecule is C=CCN(CCOC)c1ccc([C@H](C)N)cc1F. The summed E-state index contributed by atoms with van der Waals surface area (Å²) >= 11 is 0. The van der Waals surface area contributed by atoms with Crippen molar-refractivity contribution in [2.24, 2.45) is 5.73 Å². The van der Waals surface area contributed by atoms with Gasteiger partial charge in [-0.3, -0.25) is 0 Å². The maximum absolute atomic E-state index is 14.0. The van der Waals surface area contributed by atoms with E-state index in [1.807, 2.05) is 17.9 Å². The highest BCUT2D eigenvalue weighted by molar-refractivity contribution is 5.50. The predicted octanol–water partition coefficient (Wildman–Crippen LogP) is 2.48. The minimum Gasteiger partial charge on any atom is -0.383 e. The molecular weight excluding hydrogens is 231 g/mol. The quantitative estimate of drug-likeness (QED) is 0.758. The molecule has 1 rings (SSSR count). The first kappa shape index (κ1) is 14.7. The van der Waals surface area contributed by atoms with Gasteiger partial charge in [0.25, 0.3) is 0 Å². The van der Waals surface area contributed by atoms with Crippen LogP contribution in [0.25, 0.3) is 0 Å².